The molecule has 0 atom stereocenters. The van der Waals surface area contributed by atoms with E-state index in [1.807, 2.05) is 25.1 Å². The van der Waals surface area contributed by atoms with Gasteiger partial charge in [-0.25, -0.2) is 4.39 Å². The Kier molecular flexibility index (Phi) is 4.37. The fourth-order valence-electron chi connectivity index (χ4n) is 1.72. The Labute approximate surface area is 115 Å². The highest BCUT2D eigenvalue weighted by atomic mass is 79.9. The number of hydrogen-bond acceptors (Lipinski definition) is 1. The zero-order valence-electron chi connectivity index (χ0n) is 10.1. The number of halogens is 2. The smallest absolute Gasteiger partial charge is 0.129 e. The first-order valence-electron chi connectivity index (χ1n) is 5.72. The van der Waals surface area contributed by atoms with Crippen LogP contribution in [0.25, 0.3) is 0 Å². The maximum absolute atomic E-state index is 13.4. The molecule has 2 aromatic rings. The Bertz CT molecular complexity index is 540. The average molecular weight is 309 g/mol. The number of aryl methyl sites for hydroxylation is 1. The van der Waals surface area contributed by atoms with Crippen LogP contribution in [0.1, 0.15) is 16.7 Å². The molecule has 18 heavy (non-hydrogen) atoms. The first kappa shape index (κ1) is 13.1. The fraction of sp³-hybridized carbons (Fsp3) is 0.200. The molecule has 0 heterocycles. The van der Waals surface area contributed by atoms with Crippen molar-refractivity contribution in [2.75, 3.05) is 0 Å². The van der Waals surface area contributed by atoms with Crippen molar-refractivity contribution in [1.82, 2.24) is 0 Å². The number of hydrogen-bond donors (Lipinski definition) is 0. The van der Waals surface area contributed by atoms with Gasteiger partial charge in [0.1, 0.15) is 18.2 Å². The van der Waals surface area contributed by atoms with E-state index < -0.39 is 0 Å². The molecule has 0 amide bonds. The summed E-state index contributed by atoms with van der Waals surface area (Å²) in [6, 6.07) is 12.6. The molecule has 3 heteroatoms. The van der Waals surface area contributed by atoms with Gasteiger partial charge in [0, 0.05) is 16.5 Å². The van der Waals surface area contributed by atoms with Crippen LogP contribution in [-0.2, 0) is 11.9 Å². The third-order valence-electron chi connectivity index (χ3n) is 2.70. The summed E-state index contributed by atoms with van der Waals surface area (Å²) in [4.78, 5) is 0. The minimum atomic E-state index is -0.231. The second kappa shape index (κ2) is 6.01. The molecule has 0 aromatic heterocycles. The summed E-state index contributed by atoms with van der Waals surface area (Å²) in [6.45, 7) is 2.28. The van der Waals surface area contributed by atoms with Gasteiger partial charge in [0.25, 0.3) is 0 Å². The Morgan fingerprint density at radius 1 is 1.11 bits per heavy atom. The van der Waals surface area contributed by atoms with Crippen molar-refractivity contribution in [3.63, 3.8) is 0 Å². The molecule has 0 aliphatic rings. The van der Waals surface area contributed by atoms with E-state index in [2.05, 4.69) is 22.0 Å². The summed E-state index contributed by atoms with van der Waals surface area (Å²) in [5.41, 5.74) is 2.83. The van der Waals surface area contributed by atoms with Crippen molar-refractivity contribution >= 4 is 15.9 Å². The topological polar surface area (TPSA) is 9.23 Å². The van der Waals surface area contributed by atoms with E-state index in [1.54, 1.807) is 12.1 Å². The molecule has 0 fully saturated rings. The zero-order chi connectivity index (χ0) is 13.0. The molecular formula is C15H14BrFO. The normalized spacial score (nSPS) is 10.4. The maximum atomic E-state index is 13.4. The van der Waals surface area contributed by atoms with E-state index in [0.717, 1.165) is 16.6 Å². The predicted octanol–water partition coefficient (Wildman–Crippen LogP) is 4.61. The summed E-state index contributed by atoms with van der Waals surface area (Å²) in [5.74, 6) is 0.561. The standard InChI is InChI=1S/C15H14BrFO/c1-11-6-7-15(13(8-11)9-16)18-10-12-4-2-3-5-14(12)17/h2-8H,9-10H2,1H3. The summed E-state index contributed by atoms with van der Waals surface area (Å²) in [7, 11) is 0. The predicted molar refractivity (Wildman–Crippen MR) is 74.5 cm³/mol. The van der Waals surface area contributed by atoms with E-state index in [0.29, 0.717) is 5.56 Å². The third kappa shape index (κ3) is 3.10. The second-order valence-electron chi connectivity index (χ2n) is 4.12. The van der Waals surface area contributed by atoms with Crippen LogP contribution in [-0.4, -0.2) is 0 Å². The number of rotatable bonds is 4. The first-order chi connectivity index (χ1) is 8.70. The molecule has 0 spiro atoms. The quantitative estimate of drug-likeness (QED) is 0.750. The Hall–Kier alpha value is -1.35. The summed E-state index contributed by atoms with van der Waals surface area (Å²) in [5, 5.41) is 0.723. The summed E-state index contributed by atoms with van der Waals surface area (Å²) >= 11 is 3.43. The largest absolute Gasteiger partial charge is 0.488 e. The fourth-order valence-corrected chi connectivity index (χ4v) is 2.16. The molecule has 0 saturated carbocycles. The Balaban J connectivity index is 2.13. The van der Waals surface area contributed by atoms with Crippen molar-refractivity contribution in [3.8, 4) is 5.75 Å². The van der Waals surface area contributed by atoms with Gasteiger partial charge in [-0.3, -0.25) is 0 Å². The van der Waals surface area contributed by atoms with Gasteiger partial charge in [-0.1, -0.05) is 51.8 Å². The van der Waals surface area contributed by atoms with Crippen molar-refractivity contribution in [3.05, 3.63) is 65.0 Å². The molecule has 2 aromatic carbocycles. The van der Waals surface area contributed by atoms with Gasteiger partial charge < -0.3 is 4.74 Å². The minimum Gasteiger partial charge on any atom is -0.488 e. The van der Waals surface area contributed by atoms with Crippen LogP contribution in [0, 0.1) is 12.7 Å². The van der Waals surface area contributed by atoms with Crippen LogP contribution in [0.15, 0.2) is 42.5 Å². The number of ether oxygens (including phenoxy) is 1. The molecule has 0 bridgehead atoms. The summed E-state index contributed by atoms with van der Waals surface area (Å²) in [6.07, 6.45) is 0. The molecular weight excluding hydrogens is 295 g/mol. The van der Waals surface area contributed by atoms with Crippen molar-refractivity contribution in [1.29, 1.82) is 0 Å². The van der Waals surface area contributed by atoms with E-state index >= 15 is 0 Å². The molecule has 2 rings (SSSR count). The van der Waals surface area contributed by atoms with Gasteiger partial charge in [0.15, 0.2) is 0 Å². The molecule has 0 N–H and O–H groups in total. The lowest BCUT2D eigenvalue weighted by Crippen LogP contribution is -2.00. The Morgan fingerprint density at radius 3 is 2.61 bits per heavy atom. The van der Waals surface area contributed by atoms with Gasteiger partial charge >= 0.3 is 0 Å². The lowest BCUT2D eigenvalue weighted by Gasteiger charge is -2.11. The van der Waals surface area contributed by atoms with E-state index in [-0.39, 0.29) is 12.4 Å². The second-order valence-corrected chi connectivity index (χ2v) is 4.69. The van der Waals surface area contributed by atoms with Gasteiger partial charge in [-0.2, -0.15) is 0 Å². The van der Waals surface area contributed by atoms with Crippen molar-refractivity contribution in [2.45, 2.75) is 18.9 Å². The first-order valence-corrected chi connectivity index (χ1v) is 6.84. The highest BCUT2D eigenvalue weighted by Crippen LogP contribution is 2.23. The third-order valence-corrected chi connectivity index (χ3v) is 3.31. The van der Waals surface area contributed by atoms with Crippen LogP contribution in [0.3, 0.4) is 0 Å². The average Bonchev–Trinajstić information content (AvgIpc) is 2.39. The molecule has 1 nitrogen and oxygen atoms in total. The molecule has 0 aliphatic carbocycles. The molecule has 0 aliphatic heterocycles. The summed E-state index contributed by atoms with van der Waals surface area (Å²) < 4.78 is 19.1. The molecule has 94 valence electrons. The van der Waals surface area contributed by atoms with E-state index in [9.17, 15) is 4.39 Å². The molecule has 0 saturated heterocycles. The van der Waals surface area contributed by atoms with Crippen molar-refractivity contribution < 1.29 is 9.13 Å². The molecule has 0 radical (unpaired) electrons. The van der Waals surface area contributed by atoms with Crippen LogP contribution in [0.5, 0.6) is 5.75 Å². The Morgan fingerprint density at radius 2 is 1.89 bits per heavy atom. The van der Waals surface area contributed by atoms with Crippen LogP contribution >= 0.6 is 15.9 Å². The van der Waals surface area contributed by atoms with Crippen LogP contribution in [0.2, 0.25) is 0 Å². The maximum Gasteiger partial charge on any atom is 0.129 e. The van der Waals surface area contributed by atoms with E-state index in [4.69, 9.17) is 4.74 Å². The van der Waals surface area contributed by atoms with Gasteiger partial charge in [-0.05, 0) is 19.1 Å². The zero-order valence-corrected chi connectivity index (χ0v) is 11.7. The number of benzene rings is 2. The van der Waals surface area contributed by atoms with Gasteiger partial charge in [-0.15, -0.1) is 0 Å². The highest BCUT2D eigenvalue weighted by Gasteiger charge is 2.05. The molecule has 0 unspecified atom stereocenters. The lowest BCUT2D eigenvalue weighted by molar-refractivity contribution is 0.297. The van der Waals surface area contributed by atoms with Crippen LogP contribution < -0.4 is 4.74 Å². The monoisotopic (exact) mass is 308 g/mol. The lowest BCUT2D eigenvalue weighted by atomic mass is 10.1. The van der Waals surface area contributed by atoms with Crippen molar-refractivity contribution in [2.24, 2.45) is 0 Å². The van der Waals surface area contributed by atoms with Crippen LogP contribution in [0.4, 0.5) is 4.39 Å². The minimum absolute atomic E-state index is 0.231. The van der Waals surface area contributed by atoms with Gasteiger partial charge in [0.2, 0.25) is 0 Å². The highest BCUT2D eigenvalue weighted by molar-refractivity contribution is 9.08. The van der Waals surface area contributed by atoms with E-state index in [1.165, 1.54) is 11.6 Å². The van der Waals surface area contributed by atoms with Gasteiger partial charge in [0.05, 0.1) is 0 Å². The number of alkyl halides is 1. The SMILES string of the molecule is Cc1ccc(OCc2ccccc2F)c(CBr)c1.